The molecule has 0 heterocycles. The number of hydrogen-bond acceptors (Lipinski definition) is 5. The maximum atomic E-state index is 11.2. The van der Waals surface area contributed by atoms with Crippen molar-refractivity contribution < 1.29 is 9.59 Å². The number of carbonyl (C=O) groups is 2. The highest BCUT2D eigenvalue weighted by atomic mass is 127. The lowest BCUT2D eigenvalue weighted by molar-refractivity contribution is -0.121. The molecule has 0 atom stereocenters. The van der Waals surface area contributed by atoms with E-state index in [1.165, 1.54) is 0 Å². The predicted molar refractivity (Wildman–Crippen MR) is 85.3 cm³/mol. The molecule has 0 aliphatic heterocycles. The van der Waals surface area contributed by atoms with Gasteiger partial charge in [0.2, 0.25) is 11.8 Å². The van der Waals surface area contributed by atoms with E-state index < -0.39 is 0 Å². The quantitative estimate of drug-likeness (QED) is 0.224. The molecule has 0 saturated carbocycles. The molecule has 0 aliphatic rings. The van der Waals surface area contributed by atoms with Gasteiger partial charge in [-0.2, -0.15) is 0 Å². The van der Waals surface area contributed by atoms with Crippen molar-refractivity contribution >= 4 is 40.1 Å². The van der Waals surface area contributed by atoms with Gasteiger partial charge in [0.05, 0.1) is 0 Å². The minimum absolute atomic E-state index is 0.246. The summed E-state index contributed by atoms with van der Waals surface area (Å²) >= 11 is 2.22. The topological polar surface area (TPSA) is 113 Å². The first-order chi connectivity index (χ1) is 9.56. The third-order valence-corrected chi connectivity index (χ3v) is 3.45. The highest BCUT2D eigenvalue weighted by Crippen LogP contribution is 2.17. The lowest BCUT2D eigenvalue weighted by Gasteiger charge is -2.24. The Morgan fingerprint density at radius 1 is 1.00 bits per heavy atom. The van der Waals surface area contributed by atoms with E-state index in [2.05, 4.69) is 33.4 Å². The molecule has 20 heavy (non-hydrogen) atoms. The third-order valence-electron chi connectivity index (χ3n) is 2.73. The Morgan fingerprint density at radius 3 is 1.85 bits per heavy atom. The number of nitrogens with two attached hydrogens (primary N) is 2. The number of amides is 2. The summed E-state index contributed by atoms with van der Waals surface area (Å²) in [5.41, 5.74) is 5.13. The van der Waals surface area contributed by atoms with Crippen LogP contribution in [0.1, 0.15) is 12.8 Å². The first-order valence-electron chi connectivity index (χ1n) is 6.06. The maximum absolute atomic E-state index is 11.2. The predicted octanol–water partition coefficient (Wildman–Crippen LogP) is -0.142. The normalized spacial score (nSPS) is 9.95. The summed E-state index contributed by atoms with van der Waals surface area (Å²) in [5.74, 6) is 9.63. The highest BCUT2D eigenvalue weighted by molar-refractivity contribution is 14.1. The van der Waals surface area contributed by atoms with Crippen molar-refractivity contribution in [1.82, 2.24) is 10.9 Å². The van der Waals surface area contributed by atoms with Crippen LogP contribution in [0.4, 0.5) is 5.69 Å². The molecule has 0 fully saturated rings. The zero-order valence-corrected chi connectivity index (χ0v) is 13.1. The summed E-state index contributed by atoms with van der Waals surface area (Å²) in [5, 5.41) is 0. The fourth-order valence-corrected chi connectivity index (χ4v) is 2.00. The monoisotopic (exact) mass is 391 g/mol. The zero-order chi connectivity index (χ0) is 15.0. The molecular formula is C12H18IN5O2. The van der Waals surface area contributed by atoms with Crippen molar-refractivity contribution in [2.75, 3.05) is 18.0 Å². The van der Waals surface area contributed by atoms with E-state index in [-0.39, 0.29) is 24.7 Å². The summed E-state index contributed by atoms with van der Waals surface area (Å²) in [4.78, 5) is 24.4. The average molecular weight is 391 g/mol. The van der Waals surface area contributed by atoms with Crippen molar-refractivity contribution in [2.45, 2.75) is 12.8 Å². The molecule has 0 aromatic heterocycles. The Morgan fingerprint density at radius 2 is 1.45 bits per heavy atom. The summed E-state index contributed by atoms with van der Waals surface area (Å²) in [7, 11) is 0. The van der Waals surface area contributed by atoms with Crippen LogP contribution in [0, 0.1) is 3.57 Å². The van der Waals surface area contributed by atoms with Gasteiger partial charge in [-0.15, -0.1) is 0 Å². The van der Waals surface area contributed by atoms with Gasteiger partial charge in [-0.3, -0.25) is 20.4 Å². The molecule has 110 valence electrons. The van der Waals surface area contributed by atoms with E-state index in [1.807, 2.05) is 29.2 Å². The van der Waals surface area contributed by atoms with E-state index in [0.717, 1.165) is 9.26 Å². The number of hydrazine groups is 2. The molecule has 8 heteroatoms. The average Bonchev–Trinajstić information content (AvgIpc) is 2.47. The first kappa shape index (κ1) is 16.7. The van der Waals surface area contributed by atoms with Gasteiger partial charge in [0.25, 0.3) is 0 Å². The van der Waals surface area contributed by atoms with Crippen LogP contribution in [0.25, 0.3) is 0 Å². The molecule has 0 saturated heterocycles. The fraction of sp³-hybridized carbons (Fsp3) is 0.333. The molecular weight excluding hydrogens is 373 g/mol. The van der Waals surface area contributed by atoms with Gasteiger partial charge in [0, 0.05) is 35.2 Å². The molecule has 1 aromatic rings. The Bertz CT molecular complexity index is 432. The smallest absolute Gasteiger partial charge is 0.235 e. The second-order valence-corrected chi connectivity index (χ2v) is 5.34. The molecule has 6 N–H and O–H groups in total. The molecule has 2 amide bonds. The summed E-state index contributed by atoms with van der Waals surface area (Å²) in [6.45, 7) is 0.947. The van der Waals surface area contributed by atoms with Crippen LogP contribution < -0.4 is 27.4 Å². The number of nitrogens with zero attached hydrogens (tertiary/aromatic N) is 1. The second kappa shape index (κ2) is 8.72. The van der Waals surface area contributed by atoms with Gasteiger partial charge in [0.1, 0.15) is 0 Å². The Balaban J connectivity index is 2.69. The molecule has 0 aliphatic carbocycles. The summed E-state index contributed by atoms with van der Waals surface area (Å²) in [6, 6.07) is 7.83. The zero-order valence-electron chi connectivity index (χ0n) is 10.9. The van der Waals surface area contributed by atoms with Gasteiger partial charge in [-0.25, -0.2) is 11.7 Å². The maximum Gasteiger partial charge on any atom is 0.235 e. The lowest BCUT2D eigenvalue weighted by Crippen LogP contribution is -2.37. The Labute approximate surface area is 131 Å². The minimum Gasteiger partial charge on any atom is -0.370 e. The second-order valence-electron chi connectivity index (χ2n) is 4.10. The van der Waals surface area contributed by atoms with Crippen LogP contribution in [0.2, 0.25) is 0 Å². The first-order valence-corrected chi connectivity index (χ1v) is 7.14. The SMILES string of the molecule is NNC(=O)CCN(CCC(=O)NN)c1ccc(I)cc1. The number of carbonyl (C=O) groups excluding carboxylic acids is 2. The van der Waals surface area contributed by atoms with Crippen molar-refractivity contribution in [3.8, 4) is 0 Å². The Kier molecular flexibility index (Phi) is 7.26. The molecule has 0 radical (unpaired) electrons. The highest BCUT2D eigenvalue weighted by Gasteiger charge is 2.10. The number of rotatable bonds is 7. The van der Waals surface area contributed by atoms with Crippen LogP contribution in [-0.4, -0.2) is 24.9 Å². The summed E-state index contributed by atoms with van der Waals surface area (Å²) < 4.78 is 1.12. The Hall–Kier alpha value is -1.39. The lowest BCUT2D eigenvalue weighted by atomic mass is 10.2. The van der Waals surface area contributed by atoms with Crippen LogP contribution in [-0.2, 0) is 9.59 Å². The largest absolute Gasteiger partial charge is 0.370 e. The number of nitrogens with one attached hydrogen (secondary N) is 2. The van der Waals surface area contributed by atoms with Gasteiger partial charge in [0.15, 0.2) is 0 Å². The van der Waals surface area contributed by atoms with E-state index in [0.29, 0.717) is 13.1 Å². The number of halogens is 1. The third kappa shape index (κ3) is 5.72. The minimum atomic E-state index is -0.246. The summed E-state index contributed by atoms with van der Waals surface area (Å²) in [6.07, 6.45) is 0.513. The van der Waals surface area contributed by atoms with Crippen LogP contribution >= 0.6 is 22.6 Å². The van der Waals surface area contributed by atoms with Crippen LogP contribution in [0.15, 0.2) is 24.3 Å². The van der Waals surface area contributed by atoms with Crippen LogP contribution in [0.3, 0.4) is 0 Å². The molecule has 0 unspecified atom stereocenters. The number of anilines is 1. The van der Waals surface area contributed by atoms with Crippen molar-refractivity contribution in [3.05, 3.63) is 27.8 Å². The fourth-order valence-electron chi connectivity index (χ4n) is 1.64. The molecule has 0 spiro atoms. The van der Waals surface area contributed by atoms with Crippen molar-refractivity contribution in [3.63, 3.8) is 0 Å². The van der Waals surface area contributed by atoms with Gasteiger partial charge >= 0.3 is 0 Å². The molecule has 1 rings (SSSR count). The molecule has 7 nitrogen and oxygen atoms in total. The number of hydrogen-bond donors (Lipinski definition) is 4. The number of benzene rings is 1. The van der Waals surface area contributed by atoms with Gasteiger partial charge in [-0.05, 0) is 46.9 Å². The van der Waals surface area contributed by atoms with Crippen LogP contribution in [0.5, 0.6) is 0 Å². The molecule has 0 bridgehead atoms. The van der Waals surface area contributed by atoms with Crippen molar-refractivity contribution in [1.29, 1.82) is 0 Å². The standard InChI is InChI=1S/C12H18IN5O2/c13-9-1-3-10(4-2-9)18(7-5-11(19)16-14)8-6-12(20)17-15/h1-4H,5-8,14-15H2,(H,16,19)(H,17,20). The van der Waals surface area contributed by atoms with E-state index in [9.17, 15) is 9.59 Å². The van der Waals surface area contributed by atoms with Gasteiger partial charge < -0.3 is 4.90 Å². The van der Waals surface area contributed by atoms with Gasteiger partial charge in [-0.1, -0.05) is 0 Å². The van der Waals surface area contributed by atoms with E-state index in [1.54, 1.807) is 0 Å². The van der Waals surface area contributed by atoms with E-state index in [4.69, 9.17) is 11.7 Å². The molecule has 1 aromatic carbocycles. The van der Waals surface area contributed by atoms with Crippen molar-refractivity contribution in [2.24, 2.45) is 11.7 Å². The van der Waals surface area contributed by atoms with E-state index >= 15 is 0 Å².